The summed E-state index contributed by atoms with van der Waals surface area (Å²) < 4.78 is 50.5. The number of amides is 1. The molecule has 0 saturated carbocycles. The quantitative estimate of drug-likeness (QED) is 0.776. The molecule has 27 heavy (non-hydrogen) atoms. The van der Waals surface area contributed by atoms with Gasteiger partial charge in [-0.05, 0) is 29.8 Å². The summed E-state index contributed by atoms with van der Waals surface area (Å²) in [6, 6.07) is 5.60. The standard InChI is InChI=1S/C19H19F3N2O3/c1-26-15-7-11-5-6-24(9-12(11)8-16(15)27-2)10-17(25)23-14-4-3-13(20)18(21)19(14)22/h3-4,7-8H,5-6,9-10H2,1-2H3,(H,23,25)/p+1. The minimum atomic E-state index is -1.60. The molecule has 0 saturated heterocycles. The van der Waals surface area contributed by atoms with Gasteiger partial charge in [-0.2, -0.15) is 0 Å². The molecule has 2 aromatic carbocycles. The SMILES string of the molecule is COc1cc2c(cc1OC)C[NH+](CC(=O)Nc1ccc(F)c(F)c1F)CC2. The van der Waals surface area contributed by atoms with Crippen LogP contribution in [0.15, 0.2) is 24.3 Å². The average Bonchev–Trinajstić information content (AvgIpc) is 2.67. The number of carbonyl (C=O) groups excluding carboxylic acids is 1. The van der Waals surface area contributed by atoms with Gasteiger partial charge in [-0.1, -0.05) is 0 Å². The monoisotopic (exact) mass is 381 g/mol. The molecule has 0 spiro atoms. The van der Waals surface area contributed by atoms with E-state index >= 15 is 0 Å². The van der Waals surface area contributed by atoms with Gasteiger partial charge in [-0.3, -0.25) is 4.79 Å². The van der Waals surface area contributed by atoms with Crippen LogP contribution in [0.2, 0.25) is 0 Å². The van der Waals surface area contributed by atoms with Gasteiger partial charge < -0.3 is 19.7 Å². The first-order chi connectivity index (χ1) is 12.9. The van der Waals surface area contributed by atoms with E-state index in [-0.39, 0.29) is 12.2 Å². The predicted molar refractivity (Wildman–Crippen MR) is 92.6 cm³/mol. The lowest BCUT2D eigenvalue weighted by molar-refractivity contribution is -0.907. The Morgan fingerprint density at radius 3 is 2.41 bits per heavy atom. The molecule has 2 N–H and O–H groups in total. The highest BCUT2D eigenvalue weighted by Crippen LogP contribution is 2.31. The van der Waals surface area contributed by atoms with Crippen molar-refractivity contribution in [1.82, 2.24) is 0 Å². The second kappa shape index (κ2) is 7.87. The van der Waals surface area contributed by atoms with E-state index in [2.05, 4.69) is 5.32 Å². The number of fused-ring (bicyclic) bond motifs is 1. The van der Waals surface area contributed by atoms with Crippen molar-refractivity contribution in [2.24, 2.45) is 0 Å². The highest BCUT2D eigenvalue weighted by Gasteiger charge is 2.25. The molecular formula is C19H20F3N2O3+. The van der Waals surface area contributed by atoms with Gasteiger partial charge in [0.15, 0.2) is 35.5 Å². The van der Waals surface area contributed by atoms with E-state index in [0.717, 1.165) is 34.6 Å². The highest BCUT2D eigenvalue weighted by atomic mass is 19.2. The number of hydrogen-bond acceptors (Lipinski definition) is 3. The van der Waals surface area contributed by atoms with E-state index in [1.807, 2.05) is 12.1 Å². The molecule has 3 rings (SSSR count). The molecule has 0 radical (unpaired) electrons. The van der Waals surface area contributed by atoms with Crippen LogP contribution in [-0.4, -0.2) is 33.2 Å². The molecule has 1 aliphatic rings. The van der Waals surface area contributed by atoms with Crippen molar-refractivity contribution in [1.29, 1.82) is 0 Å². The van der Waals surface area contributed by atoms with Crippen molar-refractivity contribution >= 4 is 11.6 Å². The summed E-state index contributed by atoms with van der Waals surface area (Å²) in [4.78, 5) is 13.2. The Hall–Kier alpha value is -2.74. The normalized spacial score (nSPS) is 15.8. The van der Waals surface area contributed by atoms with Crippen LogP contribution in [0.5, 0.6) is 11.5 Å². The van der Waals surface area contributed by atoms with Crippen molar-refractivity contribution < 1.29 is 32.3 Å². The lowest BCUT2D eigenvalue weighted by atomic mass is 9.99. The van der Waals surface area contributed by atoms with Crippen molar-refractivity contribution in [3.63, 3.8) is 0 Å². The first-order valence-corrected chi connectivity index (χ1v) is 8.43. The zero-order valence-corrected chi connectivity index (χ0v) is 15.0. The van der Waals surface area contributed by atoms with E-state index in [1.54, 1.807) is 14.2 Å². The number of rotatable bonds is 5. The van der Waals surface area contributed by atoms with Crippen LogP contribution in [0, 0.1) is 17.5 Å². The van der Waals surface area contributed by atoms with E-state index in [4.69, 9.17) is 9.47 Å². The van der Waals surface area contributed by atoms with E-state index in [0.29, 0.717) is 24.6 Å². The Kier molecular flexibility index (Phi) is 5.55. The molecule has 8 heteroatoms. The fourth-order valence-electron chi connectivity index (χ4n) is 3.22. The van der Waals surface area contributed by atoms with E-state index in [1.165, 1.54) is 0 Å². The Morgan fingerprint density at radius 1 is 1.07 bits per heavy atom. The van der Waals surface area contributed by atoms with Crippen molar-refractivity contribution in [3.8, 4) is 11.5 Å². The van der Waals surface area contributed by atoms with Crippen LogP contribution in [0.3, 0.4) is 0 Å². The van der Waals surface area contributed by atoms with Crippen molar-refractivity contribution in [2.75, 3.05) is 32.6 Å². The number of quaternary nitrogens is 1. The van der Waals surface area contributed by atoms with E-state index in [9.17, 15) is 18.0 Å². The zero-order valence-electron chi connectivity index (χ0n) is 15.0. The second-order valence-corrected chi connectivity index (χ2v) is 6.35. The number of anilines is 1. The van der Waals surface area contributed by atoms with Gasteiger partial charge in [0.2, 0.25) is 0 Å². The number of methoxy groups -OCH3 is 2. The van der Waals surface area contributed by atoms with Gasteiger partial charge in [0.25, 0.3) is 5.91 Å². The molecule has 5 nitrogen and oxygen atoms in total. The molecule has 0 aliphatic carbocycles. The maximum atomic E-state index is 13.7. The number of carbonyl (C=O) groups is 1. The molecule has 1 aliphatic heterocycles. The molecule has 2 aromatic rings. The third-order valence-corrected chi connectivity index (χ3v) is 4.61. The molecular weight excluding hydrogens is 361 g/mol. The van der Waals surface area contributed by atoms with Crippen LogP contribution in [-0.2, 0) is 17.8 Å². The summed E-state index contributed by atoms with van der Waals surface area (Å²) in [5.74, 6) is -3.50. The Morgan fingerprint density at radius 2 is 1.74 bits per heavy atom. The number of nitrogens with one attached hydrogen (secondary N) is 2. The molecule has 1 atom stereocenters. The Bertz CT molecular complexity index is 874. The predicted octanol–water partition coefficient (Wildman–Crippen LogP) is 1.70. The number of ether oxygens (including phenoxy) is 2. The summed E-state index contributed by atoms with van der Waals surface area (Å²) in [6.07, 6.45) is 0.748. The summed E-state index contributed by atoms with van der Waals surface area (Å²) in [7, 11) is 3.13. The summed E-state index contributed by atoms with van der Waals surface area (Å²) in [5, 5.41) is 2.30. The van der Waals surface area contributed by atoms with Crippen molar-refractivity contribution in [2.45, 2.75) is 13.0 Å². The maximum Gasteiger partial charge on any atom is 0.279 e. The number of halogens is 3. The van der Waals surface area contributed by atoms with Gasteiger partial charge in [0.1, 0.15) is 6.54 Å². The Labute approximate surface area is 154 Å². The molecule has 144 valence electrons. The molecule has 1 unspecified atom stereocenters. The van der Waals surface area contributed by atoms with Crippen LogP contribution < -0.4 is 19.7 Å². The van der Waals surface area contributed by atoms with Crippen LogP contribution >= 0.6 is 0 Å². The third-order valence-electron chi connectivity index (χ3n) is 4.61. The third kappa shape index (κ3) is 4.00. The first-order valence-electron chi connectivity index (χ1n) is 8.43. The smallest absolute Gasteiger partial charge is 0.279 e. The van der Waals surface area contributed by atoms with Gasteiger partial charge in [-0.25, -0.2) is 13.2 Å². The lowest BCUT2D eigenvalue weighted by Gasteiger charge is -2.26. The molecule has 0 bridgehead atoms. The van der Waals surface area contributed by atoms with Gasteiger partial charge in [0, 0.05) is 12.0 Å². The number of benzene rings is 2. The van der Waals surface area contributed by atoms with Gasteiger partial charge in [0.05, 0.1) is 26.5 Å². The minimum absolute atomic E-state index is 0.0756. The largest absolute Gasteiger partial charge is 0.493 e. The molecule has 1 amide bonds. The highest BCUT2D eigenvalue weighted by molar-refractivity contribution is 5.91. The summed E-state index contributed by atoms with van der Waals surface area (Å²) >= 11 is 0. The van der Waals surface area contributed by atoms with E-state index < -0.39 is 23.4 Å². The van der Waals surface area contributed by atoms with Crippen LogP contribution in [0.25, 0.3) is 0 Å². The maximum absolute atomic E-state index is 13.7. The van der Waals surface area contributed by atoms with Gasteiger partial charge >= 0.3 is 0 Å². The van der Waals surface area contributed by atoms with Crippen LogP contribution in [0.1, 0.15) is 11.1 Å². The molecule has 0 aromatic heterocycles. The molecule has 0 fully saturated rings. The second-order valence-electron chi connectivity index (χ2n) is 6.35. The average molecular weight is 381 g/mol. The minimum Gasteiger partial charge on any atom is -0.493 e. The lowest BCUT2D eigenvalue weighted by Crippen LogP contribution is -3.12. The number of hydrogen-bond donors (Lipinski definition) is 2. The Balaban J connectivity index is 1.68. The van der Waals surface area contributed by atoms with Crippen molar-refractivity contribution in [3.05, 3.63) is 52.8 Å². The first kappa shape index (κ1) is 19.0. The summed E-state index contributed by atoms with van der Waals surface area (Å²) in [6.45, 7) is 1.37. The summed E-state index contributed by atoms with van der Waals surface area (Å²) in [5.41, 5.74) is 1.80. The fourth-order valence-corrected chi connectivity index (χ4v) is 3.22. The fraction of sp³-hybridized carbons (Fsp3) is 0.316. The zero-order chi connectivity index (χ0) is 19.6. The van der Waals surface area contributed by atoms with Crippen LogP contribution in [0.4, 0.5) is 18.9 Å². The molecule has 1 heterocycles. The topological polar surface area (TPSA) is 52.0 Å². The van der Waals surface area contributed by atoms with Gasteiger partial charge in [-0.15, -0.1) is 0 Å².